The number of aryl methyl sites for hydroxylation is 1. The summed E-state index contributed by atoms with van der Waals surface area (Å²) in [6, 6.07) is 2.66. The number of nitrogens with one attached hydrogen (secondary N) is 1. The van der Waals surface area contributed by atoms with Gasteiger partial charge in [-0.1, -0.05) is 19.3 Å². The molecule has 0 aliphatic heterocycles. The minimum absolute atomic E-state index is 0.0896. The number of halogens is 1. The van der Waals surface area contributed by atoms with E-state index >= 15 is 0 Å². The van der Waals surface area contributed by atoms with Crippen LogP contribution >= 0.6 is 0 Å². The maximum atomic E-state index is 14.2. The lowest BCUT2D eigenvalue weighted by atomic mass is 9.94. The van der Waals surface area contributed by atoms with Gasteiger partial charge in [0.25, 0.3) is 5.91 Å². The first-order valence-electron chi connectivity index (χ1n) is 9.96. The number of aromatic nitrogens is 2. The average molecular weight is 414 g/mol. The fraction of sp³-hybridized carbons (Fsp3) is 0.429. The number of carbonyl (C=O) groups is 2. The zero-order valence-corrected chi connectivity index (χ0v) is 17.5. The van der Waals surface area contributed by atoms with Gasteiger partial charge in [0.05, 0.1) is 17.4 Å². The molecule has 0 radical (unpaired) electrons. The first-order chi connectivity index (χ1) is 14.3. The largest absolute Gasteiger partial charge is 0.373 e. The minimum Gasteiger partial charge on any atom is -0.373 e. The van der Waals surface area contributed by atoms with Crippen molar-refractivity contribution in [2.75, 3.05) is 29.2 Å². The molecule has 3 rings (SSSR count). The second-order valence-corrected chi connectivity index (χ2v) is 7.74. The summed E-state index contributed by atoms with van der Waals surface area (Å²) in [4.78, 5) is 35.8. The SMILES string of the molecule is Cc1cc(C(N)=O)c(F)cc1Nc1ncc(N(C)C)c(N(C=O)C2CCCCC2)n1. The van der Waals surface area contributed by atoms with Crippen molar-refractivity contribution in [2.24, 2.45) is 5.73 Å². The normalized spacial score (nSPS) is 14.3. The highest BCUT2D eigenvalue weighted by Crippen LogP contribution is 2.32. The van der Waals surface area contributed by atoms with Crippen LogP contribution in [-0.2, 0) is 4.79 Å². The molecule has 9 heteroatoms. The molecule has 1 aromatic carbocycles. The molecule has 1 aromatic heterocycles. The monoisotopic (exact) mass is 414 g/mol. The summed E-state index contributed by atoms with van der Waals surface area (Å²) in [6.07, 6.45) is 7.64. The van der Waals surface area contributed by atoms with E-state index in [9.17, 15) is 14.0 Å². The lowest BCUT2D eigenvalue weighted by molar-refractivity contribution is -0.108. The molecular formula is C21H27FN6O2. The van der Waals surface area contributed by atoms with Gasteiger partial charge in [-0.2, -0.15) is 4.98 Å². The summed E-state index contributed by atoms with van der Waals surface area (Å²) in [5.41, 5.74) is 6.77. The molecule has 2 amide bonds. The van der Waals surface area contributed by atoms with Gasteiger partial charge in [0.1, 0.15) is 5.82 Å². The van der Waals surface area contributed by atoms with Gasteiger partial charge in [0.2, 0.25) is 12.4 Å². The Morgan fingerprint density at radius 2 is 1.97 bits per heavy atom. The molecule has 8 nitrogen and oxygen atoms in total. The summed E-state index contributed by atoms with van der Waals surface area (Å²) < 4.78 is 14.2. The van der Waals surface area contributed by atoms with Crippen LogP contribution in [0.1, 0.15) is 48.0 Å². The van der Waals surface area contributed by atoms with Crippen molar-refractivity contribution >= 4 is 35.5 Å². The Bertz CT molecular complexity index is 943. The lowest BCUT2D eigenvalue weighted by Crippen LogP contribution is -2.37. The Balaban J connectivity index is 1.97. The van der Waals surface area contributed by atoms with Gasteiger partial charge in [0, 0.05) is 25.8 Å². The summed E-state index contributed by atoms with van der Waals surface area (Å²) in [6.45, 7) is 1.73. The van der Waals surface area contributed by atoms with E-state index in [4.69, 9.17) is 5.73 Å². The van der Waals surface area contributed by atoms with Crippen LogP contribution in [0.2, 0.25) is 0 Å². The van der Waals surface area contributed by atoms with Crippen LogP contribution in [0.15, 0.2) is 18.3 Å². The van der Waals surface area contributed by atoms with E-state index < -0.39 is 11.7 Å². The topological polar surface area (TPSA) is 104 Å². The van der Waals surface area contributed by atoms with Crippen LogP contribution in [0.25, 0.3) is 0 Å². The highest BCUT2D eigenvalue weighted by Gasteiger charge is 2.25. The molecular weight excluding hydrogens is 387 g/mol. The van der Waals surface area contributed by atoms with E-state index in [1.807, 2.05) is 19.0 Å². The molecule has 2 aromatic rings. The van der Waals surface area contributed by atoms with E-state index in [-0.39, 0.29) is 17.6 Å². The van der Waals surface area contributed by atoms with Crippen molar-refractivity contribution < 1.29 is 14.0 Å². The van der Waals surface area contributed by atoms with Crippen molar-refractivity contribution in [3.8, 4) is 0 Å². The molecule has 0 saturated heterocycles. The Morgan fingerprint density at radius 1 is 1.27 bits per heavy atom. The second kappa shape index (κ2) is 9.06. The van der Waals surface area contributed by atoms with Crippen molar-refractivity contribution in [1.29, 1.82) is 0 Å². The average Bonchev–Trinajstić information content (AvgIpc) is 2.71. The molecule has 1 aliphatic carbocycles. The van der Waals surface area contributed by atoms with Gasteiger partial charge in [-0.15, -0.1) is 0 Å². The Morgan fingerprint density at radius 3 is 2.57 bits per heavy atom. The maximum Gasteiger partial charge on any atom is 0.251 e. The van der Waals surface area contributed by atoms with Crippen LogP contribution < -0.4 is 20.9 Å². The third-order valence-corrected chi connectivity index (χ3v) is 5.38. The molecule has 0 spiro atoms. The predicted molar refractivity (Wildman–Crippen MR) is 115 cm³/mol. The van der Waals surface area contributed by atoms with Crippen molar-refractivity contribution in [3.05, 3.63) is 35.3 Å². The standard InChI is InChI=1S/C21H27FN6O2/c1-13-9-15(19(23)30)16(22)10-17(13)25-21-24-11-18(27(2)3)20(26-21)28(12-29)14-7-5-4-6-8-14/h9-12,14H,4-8H2,1-3H3,(H2,23,30)(H,24,25,26). The summed E-state index contributed by atoms with van der Waals surface area (Å²) in [7, 11) is 3.72. The fourth-order valence-corrected chi connectivity index (χ4v) is 3.73. The molecule has 160 valence electrons. The highest BCUT2D eigenvalue weighted by atomic mass is 19.1. The number of hydrogen-bond donors (Lipinski definition) is 2. The summed E-state index contributed by atoms with van der Waals surface area (Å²) >= 11 is 0. The van der Waals surface area contributed by atoms with Gasteiger partial charge >= 0.3 is 0 Å². The van der Waals surface area contributed by atoms with Crippen molar-refractivity contribution in [1.82, 2.24) is 9.97 Å². The zero-order chi connectivity index (χ0) is 21.8. The van der Waals surface area contributed by atoms with Gasteiger partial charge < -0.3 is 16.0 Å². The molecule has 30 heavy (non-hydrogen) atoms. The quantitative estimate of drug-likeness (QED) is 0.675. The molecule has 0 bridgehead atoms. The van der Waals surface area contributed by atoms with E-state index in [2.05, 4.69) is 15.3 Å². The third kappa shape index (κ3) is 4.50. The Kier molecular flexibility index (Phi) is 6.49. The number of rotatable bonds is 7. The van der Waals surface area contributed by atoms with Gasteiger partial charge in [0.15, 0.2) is 5.82 Å². The van der Waals surface area contributed by atoms with Crippen LogP contribution in [-0.4, -0.2) is 42.4 Å². The molecule has 0 unspecified atom stereocenters. The first-order valence-corrected chi connectivity index (χ1v) is 9.96. The molecule has 3 N–H and O–H groups in total. The number of benzene rings is 1. The highest BCUT2D eigenvalue weighted by molar-refractivity contribution is 5.94. The first kappa shape index (κ1) is 21.5. The number of carbonyl (C=O) groups excluding carboxylic acids is 2. The summed E-state index contributed by atoms with van der Waals surface area (Å²) in [5, 5.41) is 2.99. The number of primary amides is 1. The molecule has 1 aliphatic rings. The van der Waals surface area contributed by atoms with Crippen molar-refractivity contribution in [2.45, 2.75) is 45.1 Å². The van der Waals surface area contributed by atoms with E-state index in [1.165, 1.54) is 18.6 Å². The minimum atomic E-state index is -0.829. The zero-order valence-electron chi connectivity index (χ0n) is 17.5. The molecule has 1 heterocycles. The maximum absolute atomic E-state index is 14.2. The van der Waals surface area contributed by atoms with E-state index in [1.54, 1.807) is 18.0 Å². The third-order valence-electron chi connectivity index (χ3n) is 5.38. The number of nitrogens with two attached hydrogens (primary N) is 1. The molecule has 1 saturated carbocycles. The van der Waals surface area contributed by atoms with Crippen molar-refractivity contribution in [3.63, 3.8) is 0 Å². The van der Waals surface area contributed by atoms with Crippen LogP contribution in [0.5, 0.6) is 0 Å². The number of nitrogens with zero attached hydrogens (tertiary/aromatic N) is 4. The second-order valence-electron chi connectivity index (χ2n) is 7.74. The Hall–Kier alpha value is -3.23. The number of hydrogen-bond acceptors (Lipinski definition) is 6. The van der Waals surface area contributed by atoms with E-state index in [0.717, 1.165) is 32.1 Å². The summed E-state index contributed by atoms with van der Waals surface area (Å²) in [5.74, 6) is -0.818. The van der Waals surface area contributed by atoms with E-state index in [0.29, 0.717) is 22.8 Å². The van der Waals surface area contributed by atoms with Crippen LogP contribution in [0.4, 0.5) is 27.5 Å². The predicted octanol–water partition coefficient (Wildman–Crippen LogP) is 3.13. The smallest absolute Gasteiger partial charge is 0.251 e. The fourth-order valence-electron chi connectivity index (χ4n) is 3.73. The lowest BCUT2D eigenvalue weighted by Gasteiger charge is -2.32. The van der Waals surface area contributed by atoms with Crippen LogP contribution in [0, 0.1) is 12.7 Å². The van der Waals surface area contributed by atoms with Crippen LogP contribution in [0.3, 0.4) is 0 Å². The number of anilines is 4. The van der Waals surface area contributed by atoms with Gasteiger partial charge in [-0.05, 0) is 37.5 Å². The Labute approximate surface area is 175 Å². The van der Waals surface area contributed by atoms with Gasteiger partial charge in [-0.3, -0.25) is 14.5 Å². The number of amides is 2. The molecule has 1 fully saturated rings. The van der Waals surface area contributed by atoms with Gasteiger partial charge in [-0.25, -0.2) is 9.37 Å². The molecule has 0 atom stereocenters.